The molecule has 0 aromatic heterocycles. The third-order valence-corrected chi connectivity index (χ3v) is 5.05. The van der Waals surface area contributed by atoms with E-state index in [1.54, 1.807) is 0 Å². The Kier molecular flexibility index (Phi) is 3.34. The minimum atomic E-state index is -0.876. The molecule has 2 fully saturated rings. The Morgan fingerprint density at radius 3 is 2.63 bits per heavy atom. The molecule has 1 N–H and O–H groups in total. The van der Waals surface area contributed by atoms with Crippen LogP contribution < -0.4 is 0 Å². The van der Waals surface area contributed by atoms with E-state index in [1.165, 1.54) is 32.3 Å². The molecule has 2 aliphatic rings. The van der Waals surface area contributed by atoms with Gasteiger partial charge in [-0.05, 0) is 68.1 Å². The van der Waals surface area contributed by atoms with Gasteiger partial charge in [0.15, 0.2) is 0 Å². The molecule has 2 aliphatic carbocycles. The van der Waals surface area contributed by atoms with Gasteiger partial charge in [0.2, 0.25) is 0 Å². The first-order chi connectivity index (χ1) is 9.04. The third kappa shape index (κ3) is 2.40. The van der Waals surface area contributed by atoms with Gasteiger partial charge in [-0.1, -0.05) is 6.42 Å². The van der Waals surface area contributed by atoms with Crippen LogP contribution in [0.3, 0.4) is 0 Å². The highest BCUT2D eigenvalue weighted by atomic mass is 19.1. The van der Waals surface area contributed by atoms with E-state index in [0.29, 0.717) is 18.3 Å². The molecule has 1 aromatic rings. The predicted molar refractivity (Wildman–Crippen MR) is 69.6 cm³/mol. The van der Waals surface area contributed by atoms with Crippen molar-refractivity contribution in [1.29, 1.82) is 0 Å². The first kappa shape index (κ1) is 13.0. The largest absolute Gasteiger partial charge is 0.388 e. The van der Waals surface area contributed by atoms with Crippen LogP contribution in [0.5, 0.6) is 0 Å². The number of aryl methyl sites for hydroxylation is 1. The fourth-order valence-corrected chi connectivity index (χ4v) is 4.00. The van der Waals surface area contributed by atoms with Crippen molar-refractivity contribution in [2.45, 2.75) is 45.1 Å². The summed E-state index contributed by atoms with van der Waals surface area (Å²) in [6, 6.07) is 2.33. The number of aliphatic hydroxyl groups excluding tert-OH is 1. The van der Waals surface area contributed by atoms with E-state index in [1.807, 2.05) is 0 Å². The maximum atomic E-state index is 13.8. The molecule has 1 aromatic carbocycles. The zero-order chi connectivity index (χ0) is 13.6. The van der Waals surface area contributed by atoms with Crippen LogP contribution in [0.2, 0.25) is 0 Å². The van der Waals surface area contributed by atoms with Gasteiger partial charge >= 0.3 is 0 Å². The molecule has 0 amide bonds. The molecule has 0 heterocycles. The van der Waals surface area contributed by atoms with Crippen LogP contribution in [0.4, 0.5) is 8.78 Å². The Bertz CT molecular complexity index is 486. The van der Waals surface area contributed by atoms with Crippen LogP contribution in [0.1, 0.15) is 49.3 Å². The van der Waals surface area contributed by atoms with Crippen LogP contribution in [0, 0.1) is 36.3 Å². The predicted octanol–water partition coefficient (Wildman–Crippen LogP) is 4.13. The highest BCUT2D eigenvalue weighted by Gasteiger charge is 2.40. The lowest BCUT2D eigenvalue weighted by Gasteiger charge is -2.24. The van der Waals surface area contributed by atoms with E-state index in [4.69, 9.17) is 0 Å². The lowest BCUT2D eigenvalue weighted by Crippen LogP contribution is -2.15. The summed E-state index contributed by atoms with van der Waals surface area (Å²) in [7, 11) is 0. The van der Waals surface area contributed by atoms with E-state index in [-0.39, 0.29) is 11.1 Å². The first-order valence-corrected chi connectivity index (χ1v) is 7.18. The van der Waals surface area contributed by atoms with Gasteiger partial charge in [0, 0.05) is 5.56 Å². The zero-order valence-electron chi connectivity index (χ0n) is 11.2. The van der Waals surface area contributed by atoms with Crippen molar-refractivity contribution in [3.8, 4) is 0 Å². The van der Waals surface area contributed by atoms with Gasteiger partial charge in [-0.3, -0.25) is 0 Å². The molecule has 1 nitrogen and oxygen atoms in total. The molecule has 0 radical (unpaired) electrons. The molecular formula is C16H20F2O. The molecule has 4 atom stereocenters. The Morgan fingerprint density at radius 2 is 2.00 bits per heavy atom. The summed E-state index contributed by atoms with van der Waals surface area (Å²) in [6.07, 6.45) is 4.66. The van der Waals surface area contributed by atoms with Gasteiger partial charge in [-0.15, -0.1) is 0 Å². The monoisotopic (exact) mass is 266 g/mol. The van der Waals surface area contributed by atoms with Gasteiger partial charge in [-0.2, -0.15) is 0 Å². The molecule has 104 valence electrons. The Balaban J connectivity index is 1.73. The number of benzene rings is 1. The summed E-state index contributed by atoms with van der Waals surface area (Å²) in [5.41, 5.74) is 0.402. The fraction of sp³-hybridized carbons (Fsp3) is 0.625. The van der Waals surface area contributed by atoms with Crippen molar-refractivity contribution in [3.63, 3.8) is 0 Å². The van der Waals surface area contributed by atoms with Gasteiger partial charge in [0.25, 0.3) is 0 Å². The van der Waals surface area contributed by atoms with E-state index in [9.17, 15) is 13.9 Å². The summed E-state index contributed by atoms with van der Waals surface area (Å²) in [6.45, 7) is 1.53. The van der Waals surface area contributed by atoms with Crippen LogP contribution in [-0.4, -0.2) is 5.11 Å². The quantitative estimate of drug-likeness (QED) is 0.872. The molecule has 4 unspecified atom stereocenters. The highest BCUT2D eigenvalue weighted by molar-refractivity contribution is 5.27. The van der Waals surface area contributed by atoms with E-state index in [0.717, 1.165) is 18.4 Å². The number of fused-ring (bicyclic) bond motifs is 2. The zero-order valence-corrected chi connectivity index (χ0v) is 11.2. The van der Waals surface area contributed by atoms with Crippen LogP contribution >= 0.6 is 0 Å². The van der Waals surface area contributed by atoms with E-state index >= 15 is 0 Å². The lowest BCUT2D eigenvalue weighted by atomic mass is 9.83. The number of hydrogen-bond acceptors (Lipinski definition) is 1. The minimum Gasteiger partial charge on any atom is -0.388 e. The third-order valence-electron chi connectivity index (χ3n) is 5.05. The summed E-state index contributed by atoms with van der Waals surface area (Å²) in [4.78, 5) is 0. The second-order valence-electron chi connectivity index (χ2n) is 6.31. The van der Waals surface area contributed by atoms with Gasteiger partial charge < -0.3 is 5.11 Å². The second kappa shape index (κ2) is 4.86. The molecular weight excluding hydrogens is 246 g/mol. The summed E-state index contributed by atoms with van der Waals surface area (Å²) in [5, 5.41) is 10.2. The maximum Gasteiger partial charge on any atom is 0.129 e. The molecule has 2 bridgehead atoms. The topological polar surface area (TPSA) is 20.2 Å². The molecule has 3 heteroatoms. The first-order valence-electron chi connectivity index (χ1n) is 7.18. The molecule has 19 heavy (non-hydrogen) atoms. The number of aliphatic hydroxyl groups is 1. The number of rotatable bonds is 3. The van der Waals surface area contributed by atoms with Crippen LogP contribution in [0.15, 0.2) is 12.1 Å². The number of halogens is 2. The van der Waals surface area contributed by atoms with Crippen LogP contribution in [-0.2, 0) is 0 Å². The number of hydrogen-bond donors (Lipinski definition) is 1. The minimum absolute atomic E-state index is 0.117. The Labute approximate surface area is 112 Å². The van der Waals surface area contributed by atoms with Crippen molar-refractivity contribution in [3.05, 3.63) is 34.9 Å². The normalized spacial score (nSPS) is 30.8. The van der Waals surface area contributed by atoms with Crippen molar-refractivity contribution < 1.29 is 13.9 Å². The molecule has 2 saturated carbocycles. The standard InChI is InChI=1S/C16H20F2O/c1-9-4-15(18)13(8-14(9)17)16(19)7-12-6-10-2-3-11(12)5-10/h4,8,10-12,16,19H,2-3,5-7H2,1H3. The molecule has 0 spiro atoms. The Morgan fingerprint density at radius 1 is 1.21 bits per heavy atom. The van der Waals surface area contributed by atoms with Crippen LogP contribution in [0.25, 0.3) is 0 Å². The van der Waals surface area contributed by atoms with Gasteiger partial charge in [0.1, 0.15) is 11.6 Å². The van der Waals surface area contributed by atoms with Gasteiger partial charge in [-0.25, -0.2) is 8.78 Å². The van der Waals surface area contributed by atoms with Crippen molar-refractivity contribution in [2.24, 2.45) is 17.8 Å². The molecule has 0 saturated heterocycles. The molecule has 3 rings (SSSR count). The summed E-state index contributed by atoms with van der Waals surface area (Å²) >= 11 is 0. The second-order valence-corrected chi connectivity index (χ2v) is 6.31. The average molecular weight is 266 g/mol. The van der Waals surface area contributed by atoms with E-state index < -0.39 is 17.7 Å². The maximum absolute atomic E-state index is 13.8. The Hall–Kier alpha value is -0.960. The lowest BCUT2D eigenvalue weighted by molar-refractivity contribution is 0.122. The van der Waals surface area contributed by atoms with Gasteiger partial charge in [0.05, 0.1) is 6.10 Å². The summed E-state index contributed by atoms with van der Waals surface area (Å²) < 4.78 is 27.3. The smallest absolute Gasteiger partial charge is 0.129 e. The van der Waals surface area contributed by atoms with Crippen molar-refractivity contribution in [2.75, 3.05) is 0 Å². The van der Waals surface area contributed by atoms with E-state index in [2.05, 4.69) is 0 Å². The van der Waals surface area contributed by atoms with Crippen molar-refractivity contribution in [1.82, 2.24) is 0 Å². The molecule has 0 aliphatic heterocycles. The SMILES string of the molecule is Cc1cc(F)c(C(O)CC2CC3CCC2C3)cc1F. The summed E-state index contributed by atoms with van der Waals surface area (Å²) in [5.74, 6) is 1.05. The average Bonchev–Trinajstić information content (AvgIpc) is 2.95. The van der Waals surface area contributed by atoms with Crippen molar-refractivity contribution >= 4 is 0 Å². The fourth-order valence-electron chi connectivity index (χ4n) is 4.00. The highest BCUT2D eigenvalue weighted by Crippen LogP contribution is 2.51.